The summed E-state index contributed by atoms with van der Waals surface area (Å²) in [5.74, 6) is 0. The summed E-state index contributed by atoms with van der Waals surface area (Å²) >= 11 is 0. The molecule has 6 aromatic rings. The average Bonchev–Trinajstić information content (AvgIpc) is 2.89. The number of aryl methyl sites for hydroxylation is 1. The lowest BCUT2D eigenvalue weighted by molar-refractivity contribution is 1.47. The normalized spacial score (nSPS) is 10.9. The molecule has 33 heavy (non-hydrogen) atoms. The number of fused-ring (bicyclic) bond motifs is 4. The zero-order valence-electron chi connectivity index (χ0n) is 19.5. The highest BCUT2D eigenvalue weighted by Gasteiger charge is 2.10. The summed E-state index contributed by atoms with van der Waals surface area (Å²) in [6.07, 6.45) is 0. The van der Waals surface area contributed by atoms with Crippen LogP contribution in [0, 0.1) is 6.92 Å². The summed E-state index contributed by atoms with van der Waals surface area (Å²) in [4.78, 5) is 0. The average molecular weight is 425 g/mol. The molecule has 0 saturated carbocycles. The Morgan fingerprint density at radius 1 is 0.394 bits per heavy atom. The molecule has 0 spiro atoms. The van der Waals surface area contributed by atoms with E-state index in [-0.39, 0.29) is 0 Å². The van der Waals surface area contributed by atoms with Crippen molar-refractivity contribution in [1.29, 1.82) is 0 Å². The van der Waals surface area contributed by atoms with Crippen LogP contribution < -0.4 is 0 Å². The number of benzene rings is 6. The lowest BCUT2D eigenvalue weighted by atomic mass is 9.91. The van der Waals surface area contributed by atoms with Crippen molar-refractivity contribution >= 4 is 32.3 Å². The van der Waals surface area contributed by atoms with Crippen molar-refractivity contribution in [3.8, 4) is 22.3 Å². The van der Waals surface area contributed by atoms with Crippen LogP contribution in [0.25, 0.3) is 54.6 Å². The largest absolute Gasteiger partial charge is 0.0683 e. The molecule has 160 valence electrons. The number of hydrogen-bond acceptors (Lipinski definition) is 0. The van der Waals surface area contributed by atoms with Crippen molar-refractivity contribution in [3.63, 3.8) is 0 Å². The SMILES string of the molecule is CC.Cc1ccc(-c2cccc3c2ccc2cc4cccc(-c5ccccc5)c4cc23)cc1. The van der Waals surface area contributed by atoms with Crippen LogP contribution in [0.5, 0.6) is 0 Å². The number of hydrogen-bond donors (Lipinski definition) is 0. The fraction of sp³-hybridized carbons (Fsp3) is 0.0909. The van der Waals surface area contributed by atoms with Gasteiger partial charge in [0.25, 0.3) is 0 Å². The molecule has 6 aromatic carbocycles. The zero-order valence-corrected chi connectivity index (χ0v) is 19.5. The summed E-state index contributed by atoms with van der Waals surface area (Å²) in [7, 11) is 0. The van der Waals surface area contributed by atoms with E-state index in [1.165, 1.54) is 60.1 Å². The smallest absolute Gasteiger partial charge is 0.00986 e. The van der Waals surface area contributed by atoms with E-state index >= 15 is 0 Å². The minimum Gasteiger partial charge on any atom is -0.0683 e. The number of rotatable bonds is 2. The fourth-order valence-electron chi connectivity index (χ4n) is 4.72. The monoisotopic (exact) mass is 424 g/mol. The van der Waals surface area contributed by atoms with Crippen molar-refractivity contribution in [1.82, 2.24) is 0 Å². The molecule has 0 N–H and O–H groups in total. The Morgan fingerprint density at radius 2 is 1.03 bits per heavy atom. The van der Waals surface area contributed by atoms with Gasteiger partial charge in [0.1, 0.15) is 0 Å². The molecule has 0 bridgehead atoms. The summed E-state index contributed by atoms with van der Waals surface area (Å²) < 4.78 is 0. The highest BCUT2D eigenvalue weighted by atomic mass is 14.1. The molecular weight excluding hydrogens is 396 g/mol. The van der Waals surface area contributed by atoms with Crippen LogP contribution >= 0.6 is 0 Å². The van der Waals surface area contributed by atoms with Crippen LogP contribution in [0.4, 0.5) is 0 Å². The van der Waals surface area contributed by atoms with E-state index in [1.807, 2.05) is 13.8 Å². The van der Waals surface area contributed by atoms with Crippen molar-refractivity contribution in [2.45, 2.75) is 20.8 Å². The molecule has 0 nitrogen and oxygen atoms in total. The van der Waals surface area contributed by atoms with Crippen LogP contribution in [0.3, 0.4) is 0 Å². The molecule has 0 amide bonds. The van der Waals surface area contributed by atoms with Gasteiger partial charge in [0.2, 0.25) is 0 Å². The lowest BCUT2D eigenvalue weighted by Gasteiger charge is -2.13. The van der Waals surface area contributed by atoms with Crippen molar-refractivity contribution in [2.24, 2.45) is 0 Å². The first-order chi connectivity index (χ1) is 16.3. The van der Waals surface area contributed by atoms with Gasteiger partial charge in [-0.3, -0.25) is 0 Å². The second-order valence-electron chi connectivity index (χ2n) is 8.30. The van der Waals surface area contributed by atoms with Gasteiger partial charge in [-0.05, 0) is 73.6 Å². The van der Waals surface area contributed by atoms with Crippen LogP contribution in [-0.2, 0) is 0 Å². The Bertz CT molecular complexity index is 1560. The van der Waals surface area contributed by atoms with Crippen molar-refractivity contribution < 1.29 is 0 Å². The molecule has 0 aromatic heterocycles. The van der Waals surface area contributed by atoms with Gasteiger partial charge in [-0.25, -0.2) is 0 Å². The zero-order chi connectivity index (χ0) is 22.8. The Hall–Kier alpha value is -3.90. The molecule has 0 heteroatoms. The van der Waals surface area contributed by atoms with E-state index in [9.17, 15) is 0 Å². The standard InChI is InChI=1S/C31H22.C2H6/c1-21-13-15-23(16-14-21)26-11-6-12-28-29(26)18-17-25-19-24-9-5-10-27(30(24)20-31(25)28)22-7-3-2-4-8-22;1-2/h2-20H,1H3;1-2H3. The third kappa shape index (κ3) is 3.79. The van der Waals surface area contributed by atoms with Gasteiger partial charge in [-0.15, -0.1) is 0 Å². The highest BCUT2D eigenvalue weighted by Crippen LogP contribution is 2.37. The van der Waals surface area contributed by atoms with Gasteiger partial charge in [-0.1, -0.05) is 123 Å². The lowest BCUT2D eigenvalue weighted by Crippen LogP contribution is -1.86. The minimum absolute atomic E-state index is 1.26. The van der Waals surface area contributed by atoms with Gasteiger partial charge in [0.05, 0.1) is 0 Å². The molecular formula is C33H28. The van der Waals surface area contributed by atoms with Crippen LogP contribution in [0.2, 0.25) is 0 Å². The van der Waals surface area contributed by atoms with E-state index in [0.29, 0.717) is 0 Å². The molecule has 0 aliphatic rings. The van der Waals surface area contributed by atoms with Crippen molar-refractivity contribution in [2.75, 3.05) is 0 Å². The summed E-state index contributed by atoms with van der Waals surface area (Å²) in [6, 6.07) is 42.0. The maximum atomic E-state index is 2.38. The quantitative estimate of drug-likeness (QED) is 0.192. The predicted octanol–water partition coefficient (Wildman–Crippen LogP) is 9.81. The second kappa shape index (κ2) is 8.92. The van der Waals surface area contributed by atoms with E-state index in [4.69, 9.17) is 0 Å². The maximum absolute atomic E-state index is 2.38. The van der Waals surface area contributed by atoms with Gasteiger partial charge in [0, 0.05) is 0 Å². The topological polar surface area (TPSA) is 0 Å². The first-order valence-corrected chi connectivity index (χ1v) is 11.8. The summed E-state index contributed by atoms with van der Waals surface area (Å²) in [6.45, 7) is 6.13. The van der Waals surface area contributed by atoms with Gasteiger partial charge in [0.15, 0.2) is 0 Å². The summed E-state index contributed by atoms with van der Waals surface area (Å²) in [5, 5.41) is 7.78. The minimum atomic E-state index is 1.26. The third-order valence-electron chi connectivity index (χ3n) is 6.32. The maximum Gasteiger partial charge on any atom is -0.00986 e. The fourth-order valence-corrected chi connectivity index (χ4v) is 4.72. The molecule has 0 atom stereocenters. The predicted molar refractivity (Wildman–Crippen MR) is 146 cm³/mol. The Labute approximate surface area is 196 Å². The van der Waals surface area contributed by atoms with Gasteiger partial charge in [-0.2, -0.15) is 0 Å². The molecule has 0 heterocycles. The van der Waals surface area contributed by atoms with Crippen LogP contribution in [0.15, 0.2) is 115 Å². The van der Waals surface area contributed by atoms with Gasteiger partial charge >= 0.3 is 0 Å². The first kappa shape index (κ1) is 21.0. The Balaban J connectivity index is 0.00000111. The molecule has 0 radical (unpaired) electrons. The molecule has 0 fully saturated rings. The molecule has 6 rings (SSSR count). The van der Waals surface area contributed by atoms with E-state index < -0.39 is 0 Å². The third-order valence-corrected chi connectivity index (χ3v) is 6.32. The van der Waals surface area contributed by atoms with E-state index in [1.54, 1.807) is 0 Å². The Kier molecular flexibility index (Phi) is 5.67. The van der Waals surface area contributed by atoms with Crippen LogP contribution in [0.1, 0.15) is 19.4 Å². The molecule has 0 unspecified atom stereocenters. The molecule has 0 aliphatic heterocycles. The summed E-state index contributed by atoms with van der Waals surface area (Å²) in [5.41, 5.74) is 6.38. The molecule has 0 saturated heterocycles. The molecule has 0 aliphatic carbocycles. The van der Waals surface area contributed by atoms with Crippen molar-refractivity contribution in [3.05, 3.63) is 121 Å². The highest BCUT2D eigenvalue weighted by molar-refractivity contribution is 6.16. The van der Waals surface area contributed by atoms with Crippen LogP contribution in [-0.4, -0.2) is 0 Å². The van der Waals surface area contributed by atoms with E-state index in [2.05, 4.69) is 122 Å². The second-order valence-corrected chi connectivity index (χ2v) is 8.30. The first-order valence-electron chi connectivity index (χ1n) is 11.8. The van der Waals surface area contributed by atoms with E-state index in [0.717, 1.165) is 0 Å². The van der Waals surface area contributed by atoms with Gasteiger partial charge < -0.3 is 0 Å². The Morgan fingerprint density at radius 3 is 1.79 bits per heavy atom.